The van der Waals surface area contributed by atoms with Crippen molar-refractivity contribution in [3.63, 3.8) is 0 Å². The van der Waals surface area contributed by atoms with Gasteiger partial charge in [0.1, 0.15) is 0 Å². The van der Waals surface area contributed by atoms with E-state index in [4.69, 9.17) is 21.1 Å². The van der Waals surface area contributed by atoms with Crippen LogP contribution in [0.2, 0.25) is 5.02 Å². The average Bonchev–Trinajstić information content (AvgIpc) is 2.99. The van der Waals surface area contributed by atoms with Gasteiger partial charge >= 0.3 is 0 Å². The molecule has 0 amide bonds. The van der Waals surface area contributed by atoms with Crippen LogP contribution in [0.5, 0.6) is 0 Å². The number of rotatable bonds is 8. The molecule has 0 bridgehead atoms. The van der Waals surface area contributed by atoms with E-state index < -0.39 is 6.10 Å². The maximum absolute atomic E-state index is 9.91. The Morgan fingerprint density at radius 1 is 1.43 bits per heavy atom. The minimum Gasteiger partial charge on any atom is -0.389 e. The summed E-state index contributed by atoms with van der Waals surface area (Å²) in [5, 5.41) is 13.9. The molecule has 0 aromatic heterocycles. The summed E-state index contributed by atoms with van der Waals surface area (Å²) in [4.78, 5) is 0. The topological polar surface area (TPSA) is 50.7 Å². The van der Waals surface area contributed by atoms with Crippen molar-refractivity contribution in [2.45, 2.75) is 38.1 Å². The van der Waals surface area contributed by atoms with Gasteiger partial charge in [0.2, 0.25) is 0 Å². The van der Waals surface area contributed by atoms with Crippen LogP contribution in [0.15, 0.2) is 24.3 Å². The minimum absolute atomic E-state index is 0.0601. The molecule has 4 nitrogen and oxygen atoms in total. The van der Waals surface area contributed by atoms with Crippen molar-refractivity contribution < 1.29 is 14.6 Å². The van der Waals surface area contributed by atoms with E-state index in [9.17, 15) is 5.11 Å². The Labute approximate surface area is 131 Å². The van der Waals surface area contributed by atoms with E-state index in [2.05, 4.69) is 5.32 Å². The number of hydrogen-bond donors (Lipinski definition) is 2. The molecule has 1 saturated heterocycles. The molecule has 2 N–H and O–H groups in total. The van der Waals surface area contributed by atoms with Crippen molar-refractivity contribution >= 4 is 11.6 Å². The summed E-state index contributed by atoms with van der Waals surface area (Å²) in [6, 6.07) is 7.57. The summed E-state index contributed by atoms with van der Waals surface area (Å²) in [6.07, 6.45) is 1.96. The molecular weight excluding hydrogens is 290 g/mol. The van der Waals surface area contributed by atoms with Crippen LogP contribution in [0.3, 0.4) is 0 Å². The van der Waals surface area contributed by atoms with Crippen molar-refractivity contribution in [3.05, 3.63) is 34.9 Å². The van der Waals surface area contributed by atoms with E-state index in [1.54, 1.807) is 0 Å². The Morgan fingerprint density at radius 2 is 2.19 bits per heavy atom. The van der Waals surface area contributed by atoms with Gasteiger partial charge in [-0.1, -0.05) is 23.7 Å². The molecule has 1 aromatic carbocycles. The molecule has 0 saturated carbocycles. The smallest absolute Gasteiger partial charge is 0.0897 e. The molecule has 3 atom stereocenters. The molecule has 1 aromatic rings. The Kier molecular flexibility index (Phi) is 6.93. The quantitative estimate of drug-likeness (QED) is 0.774. The zero-order valence-corrected chi connectivity index (χ0v) is 13.2. The van der Waals surface area contributed by atoms with E-state index in [1.165, 1.54) is 0 Å². The molecule has 0 radical (unpaired) electrons. The molecule has 0 spiro atoms. The number of aliphatic hydroxyl groups is 1. The monoisotopic (exact) mass is 313 g/mol. The second-order valence-electron chi connectivity index (χ2n) is 5.47. The fourth-order valence-electron chi connectivity index (χ4n) is 2.36. The normalized spacial score (nSPS) is 21.4. The number of hydrogen-bond acceptors (Lipinski definition) is 4. The Bertz CT molecular complexity index is 406. The Hall–Kier alpha value is -0.650. The van der Waals surface area contributed by atoms with Crippen LogP contribution < -0.4 is 5.32 Å². The molecule has 1 fully saturated rings. The molecule has 2 rings (SSSR count). The predicted molar refractivity (Wildman–Crippen MR) is 83.7 cm³/mol. The second kappa shape index (κ2) is 8.71. The van der Waals surface area contributed by atoms with E-state index in [0.29, 0.717) is 24.3 Å². The molecule has 118 valence electrons. The fourth-order valence-corrected chi connectivity index (χ4v) is 2.49. The highest BCUT2D eigenvalue weighted by Crippen LogP contribution is 2.19. The van der Waals surface area contributed by atoms with Gasteiger partial charge in [-0.3, -0.25) is 0 Å². The van der Waals surface area contributed by atoms with Gasteiger partial charge in [-0.2, -0.15) is 0 Å². The largest absolute Gasteiger partial charge is 0.389 e. The third-order valence-electron chi connectivity index (χ3n) is 3.65. The lowest BCUT2D eigenvalue weighted by atomic mass is 10.1. The van der Waals surface area contributed by atoms with Crippen LogP contribution in [0.25, 0.3) is 0 Å². The Morgan fingerprint density at radius 3 is 2.86 bits per heavy atom. The average molecular weight is 314 g/mol. The molecule has 1 aliphatic rings. The van der Waals surface area contributed by atoms with Crippen LogP contribution >= 0.6 is 11.6 Å². The maximum atomic E-state index is 9.91. The van der Waals surface area contributed by atoms with Crippen molar-refractivity contribution in [3.8, 4) is 0 Å². The summed E-state index contributed by atoms with van der Waals surface area (Å²) >= 11 is 5.86. The fraction of sp³-hybridized carbons (Fsp3) is 0.625. The van der Waals surface area contributed by atoms with Crippen LogP contribution in [0, 0.1) is 0 Å². The minimum atomic E-state index is -0.513. The third-order valence-corrected chi connectivity index (χ3v) is 3.91. The highest BCUT2D eigenvalue weighted by atomic mass is 35.5. The lowest BCUT2D eigenvalue weighted by Gasteiger charge is -2.18. The first-order chi connectivity index (χ1) is 10.1. The molecule has 1 aliphatic heterocycles. The number of halogens is 1. The van der Waals surface area contributed by atoms with E-state index in [0.717, 1.165) is 31.6 Å². The summed E-state index contributed by atoms with van der Waals surface area (Å²) in [6.45, 7) is 4.45. The number of aliphatic hydroxyl groups excluding tert-OH is 1. The summed E-state index contributed by atoms with van der Waals surface area (Å²) < 4.78 is 11.2. The van der Waals surface area contributed by atoms with Crippen LogP contribution in [-0.4, -0.2) is 43.6 Å². The van der Waals surface area contributed by atoms with Gasteiger partial charge in [0, 0.05) is 24.7 Å². The second-order valence-corrected chi connectivity index (χ2v) is 5.91. The van der Waals surface area contributed by atoms with Crippen LogP contribution in [-0.2, 0) is 9.47 Å². The standard InChI is InChI=1S/C16H24ClNO3/c1-12(13-4-6-14(17)7-5-13)21-11-15(19)9-18-10-16-3-2-8-20-16/h4-7,12,15-16,18-19H,2-3,8-11H2,1H3/t12-,15-,16+/m0/s1. The first-order valence-electron chi connectivity index (χ1n) is 7.52. The number of nitrogens with one attached hydrogen (secondary N) is 1. The van der Waals surface area contributed by atoms with Crippen LogP contribution in [0.1, 0.15) is 31.4 Å². The first kappa shape index (κ1) is 16.7. The molecule has 5 heteroatoms. The summed E-state index contributed by atoms with van der Waals surface area (Å²) in [5.41, 5.74) is 1.05. The maximum Gasteiger partial charge on any atom is 0.0897 e. The lowest BCUT2D eigenvalue weighted by Crippen LogP contribution is -2.35. The number of benzene rings is 1. The van der Waals surface area contributed by atoms with Gasteiger partial charge in [0.15, 0.2) is 0 Å². The molecular formula is C16H24ClNO3. The summed E-state index contributed by atoms with van der Waals surface area (Å²) in [7, 11) is 0. The van der Waals surface area contributed by atoms with Gasteiger partial charge in [0.05, 0.1) is 24.9 Å². The highest BCUT2D eigenvalue weighted by molar-refractivity contribution is 6.30. The van der Waals surface area contributed by atoms with Gasteiger partial charge in [0.25, 0.3) is 0 Å². The highest BCUT2D eigenvalue weighted by Gasteiger charge is 2.15. The lowest BCUT2D eigenvalue weighted by molar-refractivity contribution is -0.00321. The van der Waals surface area contributed by atoms with Gasteiger partial charge < -0.3 is 19.9 Å². The predicted octanol–water partition coefficient (Wildman–Crippen LogP) is 2.55. The van der Waals surface area contributed by atoms with E-state index in [-0.39, 0.29) is 6.10 Å². The molecule has 1 heterocycles. The van der Waals surface area contributed by atoms with Crippen LogP contribution in [0.4, 0.5) is 0 Å². The van der Waals surface area contributed by atoms with Gasteiger partial charge in [-0.15, -0.1) is 0 Å². The van der Waals surface area contributed by atoms with Crippen molar-refractivity contribution in [2.24, 2.45) is 0 Å². The summed E-state index contributed by atoms with van der Waals surface area (Å²) in [5.74, 6) is 0. The van der Waals surface area contributed by atoms with E-state index >= 15 is 0 Å². The van der Waals surface area contributed by atoms with Gasteiger partial charge in [-0.25, -0.2) is 0 Å². The SMILES string of the molecule is C[C@H](OC[C@@H](O)CNC[C@H]1CCCO1)c1ccc(Cl)cc1. The van der Waals surface area contributed by atoms with E-state index in [1.807, 2.05) is 31.2 Å². The Balaban J connectivity index is 1.61. The van der Waals surface area contributed by atoms with Crippen molar-refractivity contribution in [2.75, 3.05) is 26.3 Å². The van der Waals surface area contributed by atoms with Crippen molar-refractivity contribution in [1.82, 2.24) is 5.32 Å². The number of ether oxygens (including phenoxy) is 2. The van der Waals surface area contributed by atoms with Gasteiger partial charge in [-0.05, 0) is 37.5 Å². The molecule has 21 heavy (non-hydrogen) atoms. The zero-order chi connectivity index (χ0) is 15.1. The molecule has 0 unspecified atom stereocenters. The third kappa shape index (κ3) is 5.93. The molecule has 0 aliphatic carbocycles. The van der Waals surface area contributed by atoms with Crippen molar-refractivity contribution in [1.29, 1.82) is 0 Å². The zero-order valence-electron chi connectivity index (χ0n) is 12.4. The first-order valence-corrected chi connectivity index (χ1v) is 7.90.